The van der Waals surface area contributed by atoms with Crippen molar-refractivity contribution in [3.8, 4) is 0 Å². The standard InChI is InChI=1S/C30H46/c1-21-19-22(2)29(23(3)20-30(5,6)7)24(4)28(21)18-15-25-13-16-27(17-14-25)26-11-9-8-10-12-26/h8-11,19,23,25-27H,12-18,20H2,1-7H3/t23-,25?,26?,27?/m0/s1. The molecule has 0 bridgehead atoms. The Kier molecular flexibility index (Phi) is 7.70. The van der Waals surface area contributed by atoms with Crippen LogP contribution in [0.3, 0.4) is 0 Å². The second-order valence-electron chi connectivity index (χ2n) is 11.7. The topological polar surface area (TPSA) is 0 Å². The maximum Gasteiger partial charge on any atom is -0.0167 e. The summed E-state index contributed by atoms with van der Waals surface area (Å²) in [5.41, 5.74) is 8.28. The van der Waals surface area contributed by atoms with E-state index in [4.69, 9.17) is 0 Å². The molecule has 2 aliphatic rings. The maximum atomic E-state index is 2.47. The highest BCUT2D eigenvalue weighted by atomic mass is 14.3. The zero-order valence-electron chi connectivity index (χ0n) is 20.9. The van der Waals surface area contributed by atoms with E-state index in [9.17, 15) is 0 Å². The van der Waals surface area contributed by atoms with E-state index in [1.165, 1.54) is 62.5 Å². The summed E-state index contributed by atoms with van der Waals surface area (Å²) < 4.78 is 0. The molecule has 30 heavy (non-hydrogen) atoms. The average molecular weight is 407 g/mol. The molecule has 0 heteroatoms. The van der Waals surface area contributed by atoms with Crippen molar-refractivity contribution in [1.29, 1.82) is 0 Å². The zero-order chi connectivity index (χ0) is 21.9. The molecule has 0 saturated heterocycles. The van der Waals surface area contributed by atoms with Gasteiger partial charge in [0.2, 0.25) is 0 Å². The summed E-state index contributed by atoms with van der Waals surface area (Å²) in [5, 5.41) is 0. The van der Waals surface area contributed by atoms with Crippen LogP contribution in [-0.2, 0) is 6.42 Å². The summed E-state index contributed by atoms with van der Waals surface area (Å²) in [5.74, 6) is 3.30. The Bertz CT molecular complexity index is 762. The second-order valence-corrected chi connectivity index (χ2v) is 11.7. The van der Waals surface area contributed by atoms with E-state index >= 15 is 0 Å². The first-order valence-electron chi connectivity index (χ1n) is 12.6. The van der Waals surface area contributed by atoms with E-state index in [0.29, 0.717) is 11.3 Å². The van der Waals surface area contributed by atoms with Crippen molar-refractivity contribution >= 4 is 0 Å². The number of aryl methyl sites for hydroxylation is 2. The third kappa shape index (κ3) is 5.89. The fraction of sp³-hybridized carbons (Fsp3) is 0.667. The van der Waals surface area contributed by atoms with Crippen LogP contribution in [0.25, 0.3) is 0 Å². The van der Waals surface area contributed by atoms with E-state index in [1.807, 2.05) is 0 Å². The smallest absolute Gasteiger partial charge is 0.0167 e. The van der Waals surface area contributed by atoms with Gasteiger partial charge >= 0.3 is 0 Å². The third-order valence-corrected chi connectivity index (χ3v) is 7.92. The molecule has 2 aliphatic carbocycles. The number of hydrogen-bond donors (Lipinski definition) is 0. The molecular formula is C30H46. The summed E-state index contributed by atoms with van der Waals surface area (Å²) in [4.78, 5) is 0. The molecule has 0 radical (unpaired) electrons. The molecule has 0 N–H and O–H groups in total. The van der Waals surface area contributed by atoms with Gasteiger partial charge in [-0.15, -0.1) is 0 Å². The van der Waals surface area contributed by atoms with Gasteiger partial charge in [-0.3, -0.25) is 0 Å². The minimum atomic E-state index is 0.380. The van der Waals surface area contributed by atoms with Crippen LogP contribution >= 0.6 is 0 Å². The summed E-state index contributed by atoms with van der Waals surface area (Å²) in [6.45, 7) is 16.6. The first kappa shape index (κ1) is 23.4. The van der Waals surface area contributed by atoms with E-state index in [1.54, 1.807) is 16.7 Å². The van der Waals surface area contributed by atoms with Gasteiger partial charge in [0, 0.05) is 0 Å². The molecule has 0 heterocycles. The van der Waals surface area contributed by atoms with Crippen LogP contribution in [0, 0.1) is 43.9 Å². The van der Waals surface area contributed by atoms with Gasteiger partial charge in [-0.2, -0.15) is 0 Å². The van der Waals surface area contributed by atoms with Crippen molar-refractivity contribution in [2.75, 3.05) is 0 Å². The molecule has 1 unspecified atom stereocenters. The second kappa shape index (κ2) is 9.88. The Labute approximate surface area is 187 Å². The SMILES string of the molecule is Cc1cc(C)c([C@@H](C)CC(C)(C)C)c(C)c1CCC1CCC(C2C=CC=CC2)CC1. The Morgan fingerprint density at radius 2 is 1.67 bits per heavy atom. The fourth-order valence-corrected chi connectivity index (χ4v) is 6.61. The predicted molar refractivity (Wildman–Crippen MR) is 133 cm³/mol. The van der Waals surface area contributed by atoms with Crippen LogP contribution in [0.1, 0.15) is 106 Å². The van der Waals surface area contributed by atoms with Crippen molar-refractivity contribution in [1.82, 2.24) is 0 Å². The highest BCUT2D eigenvalue weighted by Crippen LogP contribution is 2.40. The molecule has 0 amide bonds. The van der Waals surface area contributed by atoms with Gasteiger partial charge in [0.1, 0.15) is 0 Å². The van der Waals surface area contributed by atoms with Crippen LogP contribution in [0.5, 0.6) is 0 Å². The summed E-state index contributed by atoms with van der Waals surface area (Å²) in [6, 6.07) is 2.47. The van der Waals surface area contributed by atoms with Crippen LogP contribution in [0.15, 0.2) is 30.4 Å². The Balaban J connectivity index is 1.62. The minimum absolute atomic E-state index is 0.380. The fourth-order valence-electron chi connectivity index (χ4n) is 6.61. The van der Waals surface area contributed by atoms with Gasteiger partial charge in [-0.05, 0) is 116 Å². The van der Waals surface area contributed by atoms with Gasteiger partial charge in [-0.25, -0.2) is 0 Å². The maximum absolute atomic E-state index is 2.47. The lowest BCUT2D eigenvalue weighted by molar-refractivity contribution is 0.221. The largest absolute Gasteiger partial charge is 0.0840 e. The molecule has 1 aromatic rings. The molecule has 0 nitrogen and oxygen atoms in total. The molecule has 166 valence electrons. The van der Waals surface area contributed by atoms with Gasteiger partial charge in [0.05, 0.1) is 0 Å². The Hall–Kier alpha value is -1.30. The predicted octanol–water partition coefficient (Wildman–Crippen LogP) is 9.02. The Morgan fingerprint density at radius 1 is 0.967 bits per heavy atom. The monoisotopic (exact) mass is 406 g/mol. The van der Waals surface area contributed by atoms with Crippen molar-refractivity contribution in [3.63, 3.8) is 0 Å². The van der Waals surface area contributed by atoms with Crippen LogP contribution in [0.4, 0.5) is 0 Å². The molecule has 1 aromatic carbocycles. The summed E-state index contributed by atoms with van der Waals surface area (Å²) >= 11 is 0. The van der Waals surface area contributed by atoms with Crippen molar-refractivity contribution in [3.05, 3.63) is 58.2 Å². The van der Waals surface area contributed by atoms with Crippen LogP contribution < -0.4 is 0 Å². The molecule has 0 aromatic heterocycles. The summed E-state index contributed by atoms with van der Waals surface area (Å²) in [6.07, 6.45) is 20.2. The molecule has 1 saturated carbocycles. The van der Waals surface area contributed by atoms with Crippen molar-refractivity contribution in [2.45, 2.75) is 106 Å². The highest BCUT2D eigenvalue weighted by Gasteiger charge is 2.27. The van der Waals surface area contributed by atoms with Gasteiger partial charge in [0.15, 0.2) is 0 Å². The number of benzene rings is 1. The van der Waals surface area contributed by atoms with Gasteiger partial charge < -0.3 is 0 Å². The highest BCUT2D eigenvalue weighted by molar-refractivity contribution is 5.46. The van der Waals surface area contributed by atoms with Crippen molar-refractivity contribution in [2.24, 2.45) is 23.2 Å². The normalized spacial score (nSPS) is 25.5. The lowest BCUT2D eigenvalue weighted by Gasteiger charge is -2.33. The van der Waals surface area contributed by atoms with Crippen LogP contribution in [-0.4, -0.2) is 0 Å². The number of hydrogen-bond acceptors (Lipinski definition) is 0. The third-order valence-electron chi connectivity index (χ3n) is 7.92. The van der Waals surface area contributed by atoms with Crippen LogP contribution in [0.2, 0.25) is 0 Å². The van der Waals surface area contributed by atoms with Crippen molar-refractivity contribution < 1.29 is 0 Å². The molecule has 0 spiro atoms. The van der Waals surface area contributed by atoms with Gasteiger partial charge in [0.25, 0.3) is 0 Å². The molecule has 3 rings (SSSR count). The van der Waals surface area contributed by atoms with Gasteiger partial charge in [-0.1, -0.05) is 70.9 Å². The first-order chi connectivity index (χ1) is 14.2. The lowest BCUT2D eigenvalue weighted by atomic mass is 9.72. The summed E-state index contributed by atoms with van der Waals surface area (Å²) in [7, 11) is 0. The molecule has 0 aliphatic heterocycles. The quantitative estimate of drug-likeness (QED) is 0.442. The number of rotatable bonds is 6. The molecule has 2 atom stereocenters. The van der Waals surface area contributed by atoms with E-state index in [-0.39, 0.29) is 0 Å². The molecule has 1 fully saturated rings. The van der Waals surface area contributed by atoms with E-state index in [0.717, 1.165) is 17.8 Å². The minimum Gasteiger partial charge on any atom is -0.0840 e. The lowest BCUT2D eigenvalue weighted by Crippen LogP contribution is -2.21. The van der Waals surface area contributed by atoms with E-state index in [2.05, 4.69) is 78.8 Å². The zero-order valence-corrected chi connectivity index (χ0v) is 20.9. The van der Waals surface area contributed by atoms with E-state index < -0.39 is 0 Å². The average Bonchev–Trinajstić information content (AvgIpc) is 2.67. The number of allylic oxidation sites excluding steroid dienone is 4. The first-order valence-corrected chi connectivity index (χ1v) is 12.6. The Morgan fingerprint density at radius 3 is 2.27 bits per heavy atom. The molecular weight excluding hydrogens is 360 g/mol.